The largest absolute Gasteiger partial charge is 0.437 e. The number of aromatic nitrogens is 2. The van der Waals surface area contributed by atoms with Gasteiger partial charge < -0.3 is 10.1 Å². The highest BCUT2D eigenvalue weighted by Gasteiger charge is 2.16. The van der Waals surface area contributed by atoms with Gasteiger partial charge >= 0.3 is 0 Å². The normalized spacial score (nSPS) is 12.0. The zero-order chi connectivity index (χ0) is 18.4. The molecule has 1 unspecified atom stereocenters. The number of pyridine rings is 1. The highest BCUT2D eigenvalue weighted by atomic mass is 32.1. The third kappa shape index (κ3) is 4.38. The van der Waals surface area contributed by atoms with Gasteiger partial charge in [0.25, 0.3) is 0 Å². The minimum Gasteiger partial charge on any atom is -0.437 e. The molecule has 6 heteroatoms. The summed E-state index contributed by atoms with van der Waals surface area (Å²) in [7, 11) is 0. The predicted molar refractivity (Wildman–Crippen MR) is 104 cm³/mol. The van der Waals surface area contributed by atoms with Crippen molar-refractivity contribution < 1.29 is 9.13 Å². The number of halogens is 1. The summed E-state index contributed by atoms with van der Waals surface area (Å²) in [4.78, 5) is 9.88. The van der Waals surface area contributed by atoms with Crippen LogP contribution in [0, 0.1) is 0 Å². The van der Waals surface area contributed by atoms with Gasteiger partial charge in [-0.1, -0.05) is 38.5 Å². The quantitative estimate of drug-likeness (QED) is 0.494. The second kappa shape index (κ2) is 8.76. The molecule has 0 fully saturated rings. The minimum absolute atomic E-state index is 0.400. The number of ether oxygens (including phenoxy) is 1. The first kappa shape index (κ1) is 18.3. The lowest BCUT2D eigenvalue weighted by Gasteiger charge is -2.15. The van der Waals surface area contributed by atoms with Crippen molar-refractivity contribution in [3.05, 3.63) is 59.2 Å². The molecule has 136 valence electrons. The van der Waals surface area contributed by atoms with E-state index >= 15 is 0 Å². The Balaban J connectivity index is 1.85. The Morgan fingerprint density at radius 1 is 1.15 bits per heavy atom. The van der Waals surface area contributed by atoms with Crippen molar-refractivity contribution in [2.45, 2.75) is 39.3 Å². The molecular weight excluding hydrogens is 349 g/mol. The standard InChI is InChI=1S/C20H22FN3OS/c1-3-8-16(21)15-9-5-6-11-18(15)25-19-17(10-7-12-22-19)24-20-23-13-14(4-2)26-20/h5-7,9-13,16H,3-4,8H2,1-2H3,(H,23,24). The van der Waals surface area contributed by atoms with Crippen LogP contribution in [-0.4, -0.2) is 9.97 Å². The monoisotopic (exact) mass is 371 g/mol. The Bertz CT molecular complexity index is 852. The lowest BCUT2D eigenvalue weighted by molar-refractivity contribution is 0.310. The number of nitrogens with zero attached hydrogens (tertiary/aromatic N) is 2. The molecular formula is C20H22FN3OS. The van der Waals surface area contributed by atoms with Crippen molar-refractivity contribution in [3.8, 4) is 11.6 Å². The molecule has 1 atom stereocenters. The summed E-state index contributed by atoms with van der Waals surface area (Å²) in [5.74, 6) is 0.889. The number of nitrogens with one attached hydrogen (secondary N) is 1. The minimum atomic E-state index is -1.05. The molecule has 0 saturated carbocycles. The van der Waals surface area contributed by atoms with E-state index in [0.29, 0.717) is 29.3 Å². The third-order valence-electron chi connectivity index (χ3n) is 3.92. The Labute approximate surface area is 157 Å². The molecule has 0 amide bonds. The van der Waals surface area contributed by atoms with Crippen molar-refractivity contribution in [2.24, 2.45) is 0 Å². The first-order valence-electron chi connectivity index (χ1n) is 8.78. The molecule has 2 aromatic heterocycles. The van der Waals surface area contributed by atoms with Gasteiger partial charge in [0.05, 0.1) is 0 Å². The van der Waals surface area contributed by atoms with Gasteiger partial charge in [0.15, 0.2) is 5.13 Å². The number of anilines is 2. The molecule has 3 rings (SSSR count). The molecule has 1 N–H and O–H groups in total. The van der Waals surface area contributed by atoms with E-state index in [-0.39, 0.29) is 0 Å². The summed E-state index contributed by atoms with van der Waals surface area (Å²) in [6.07, 6.45) is 4.64. The van der Waals surface area contributed by atoms with E-state index in [1.807, 2.05) is 37.4 Å². The fourth-order valence-electron chi connectivity index (χ4n) is 2.56. The summed E-state index contributed by atoms with van der Waals surface area (Å²) < 4.78 is 20.4. The van der Waals surface area contributed by atoms with Gasteiger partial charge in [0.2, 0.25) is 5.88 Å². The van der Waals surface area contributed by atoms with Gasteiger partial charge in [-0.25, -0.2) is 14.4 Å². The Kier molecular flexibility index (Phi) is 6.17. The number of aryl methyl sites for hydroxylation is 1. The maximum absolute atomic E-state index is 14.5. The summed E-state index contributed by atoms with van der Waals surface area (Å²) in [5.41, 5.74) is 1.25. The molecule has 0 saturated heterocycles. The molecule has 3 aromatic rings. The van der Waals surface area contributed by atoms with Crippen molar-refractivity contribution in [2.75, 3.05) is 5.32 Å². The Morgan fingerprint density at radius 3 is 2.77 bits per heavy atom. The topological polar surface area (TPSA) is 47.0 Å². The molecule has 2 heterocycles. The van der Waals surface area contributed by atoms with Gasteiger partial charge in [-0.05, 0) is 31.0 Å². The molecule has 1 aromatic carbocycles. The molecule has 26 heavy (non-hydrogen) atoms. The SMILES string of the molecule is CCCC(F)c1ccccc1Oc1ncccc1Nc1ncc(CC)s1. The smallest absolute Gasteiger partial charge is 0.243 e. The van der Waals surface area contributed by atoms with E-state index in [4.69, 9.17) is 4.74 Å². The lowest BCUT2D eigenvalue weighted by atomic mass is 10.1. The summed E-state index contributed by atoms with van der Waals surface area (Å²) >= 11 is 1.59. The second-order valence-electron chi connectivity index (χ2n) is 5.86. The van der Waals surface area contributed by atoms with Crippen LogP contribution in [-0.2, 0) is 6.42 Å². The van der Waals surface area contributed by atoms with Crippen molar-refractivity contribution >= 4 is 22.2 Å². The van der Waals surface area contributed by atoms with Gasteiger partial charge in [-0.2, -0.15) is 0 Å². The predicted octanol–water partition coefficient (Wildman–Crippen LogP) is 6.45. The number of thiazole rings is 1. The van der Waals surface area contributed by atoms with Gasteiger partial charge in [0, 0.05) is 22.8 Å². The van der Waals surface area contributed by atoms with Crippen LogP contribution in [0.25, 0.3) is 0 Å². The van der Waals surface area contributed by atoms with E-state index in [1.165, 1.54) is 4.88 Å². The number of alkyl halides is 1. The molecule has 0 bridgehead atoms. The molecule has 0 radical (unpaired) electrons. The van der Waals surface area contributed by atoms with Crippen molar-refractivity contribution in [1.82, 2.24) is 9.97 Å². The van der Waals surface area contributed by atoms with Crippen LogP contribution >= 0.6 is 11.3 Å². The highest BCUT2D eigenvalue weighted by Crippen LogP contribution is 2.36. The van der Waals surface area contributed by atoms with Crippen LogP contribution in [0.2, 0.25) is 0 Å². The summed E-state index contributed by atoms with van der Waals surface area (Å²) in [5, 5.41) is 4.03. The van der Waals surface area contributed by atoms with E-state index < -0.39 is 6.17 Å². The molecule has 0 aliphatic carbocycles. The molecule has 0 aliphatic rings. The maximum atomic E-state index is 14.5. The molecule has 4 nitrogen and oxygen atoms in total. The number of hydrogen-bond donors (Lipinski definition) is 1. The zero-order valence-corrected chi connectivity index (χ0v) is 15.7. The highest BCUT2D eigenvalue weighted by molar-refractivity contribution is 7.15. The summed E-state index contributed by atoms with van der Waals surface area (Å²) in [6, 6.07) is 10.9. The van der Waals surface area contributed by atoms with E-state index in [0.717, 1.165) is 18.0 Å². The van der Waals surface area contributed by atoms with Crippen LogP contribution in [0.5, 0.6) is 11.6 Å². The Morgan fingerprint density at radius 2 is 2.00 bits per heavy atom. The average molecular weight is 371 g/mol. The van der Waals surface area contributed by atoms with E-state index in [2.05, 4.69) is 22.2 Å². The fraction of sp³-hybridized carbons (Fsp3) is 0.300. The van der Waals surface area contributed by atoms with Crippen molar-refractivity contribution in [3.63, 3.8) is 0 Å². The van der Waals surface area contributed by atoms with E-state index in [1.54, 1.807) is 29.7 Å². The number of rotatable bonds is 8. The van der Waals surface area contributed by atoms with Crippen LogP contribution in [0.4, 0.5) is 15.2 Å². The maximum Gasteiger partial charge on any atom is 0.243 e. The lowest BCUT2D eigenvalue weighted by Crippen LogP contribution is -1.99. The van der Waals surface area contributed by atoms with Gasteiger partial charge in [-0.15, -0.1) is 11.3 Å². The summed E-state index contributed by atoms with van der Waals surface area (Å²) in [6.45, 7) is 4.06. The van der Waals surface area contributed by atoms with Crippen molar-refractivity contribution in [1.29, 1.82) is 0 Å². The van der Waals surface area contributed by atoms with Crippen LogP contribution in [0.1, 0.15) is 43.3 Å². The van der Waals surface area contributed by atoms with Crippen LogP contribution in [0.15, 0.2) is 48.8 Å². The number of para-hydroxylation sites is 1. The zero-order valence-electron chi connectivity index (χ0n) is 14.9. The van der Waals surface area contributed by atoms with Crippen LogP contribution in [0.3, 0.4) is 0 Å². The third-order valence-corrected chi connectivity index (χ3v) is 4.98. The first-order chi connectivity index (χ1) is 12.7. The van der Waals surface area contributed by atoms with Gasteiger partial charge in [0.1, 0.15) is 17.6 Å². The number of benzene rings is 1. The second-order valence-corrected chi connectivity index (χ2v) is 6.98. The average Bonchev–Trinajstić information content (AvgIpc) is 3.11. The molecule has 0 aliphatic heterocycles. The van der Waals surface area contributed by atoms with Crippen LogP contribution < -0.4 is 10.1 Å². The van der Waals surface area contributed by atoms with Gasteiger partial charge in [-0.3, -0.25) is 0 Å². The Hall–Kier alpha value is -2.47. The molecule has 0 spiro atoms. The first-order valence-corrected chi connectivity index (χ1v) is 9.60. The number of hydrogen-bond acceptors (Lipinski definition) is 5. The van der Waals surface area contributed by atoms with E-state index in [9.17, 15) is 4.39 Å². The fourth-order valence-corrected chi connectivity index (χ4v) is 3.32.